The molecule has 29 heavy (non-hydrogen) atoms. The first kappa shape index (κ1) is 23.1. The molecule has 0 saturated heterocycles. The lowest BCUT2D eigenvalue weighted by Crippen LogP contribution is -2.41. The van der Waals surface area contributed by atoms with Crippen molar-refractivity contribution >= 4 is 35.8 Å². The number of amides is 1. The van der Waals surface area contributed by atoms with Gasteiger partial charge in [-0.05, 0) is 43.9 Å². The Balaban J connectivity index is 0.00000300. The number of benzene rings is 1. The van der Waals surface area contributed by atoms with Crippen LogP contribution in [-0.4, -0.2) is 38.1 Å². The summed E-state index contributed by atoms with van der Waals surface area (Å²) in [5, 5.41) is 9.24. The molecule has 1 aromatic carbocycles. The first-order valence-corrected chi connectivity index (χ1v) is 9.81. The molecule has 1 aromatic heterocycles. The molecule has 0 spiro atoms. The summed E-state index contributed by atoms with van der Waals surface area (Å²) < 4.78 is 11.0. The maximum Gasteiger partial charge on any atom is 0.287 e. The van der Waals surface area contributed by atoms with E-state index in [2.05, 4.69) is 20.9 Å². The van der Waals surface area contributed by atoms with Crippen molar-refractivity contribution in [3.8, 4) is 5.75 Å². The molecule has 1 amide bonds. The van der Waals surface area contributed by atoms with Gasteiger partial charge in [0.05, 0.1) is 19.4 Å². The Bertz CT molecular complexity index is 776. The summed E-state index contributed by atoms with van der Waals surface area (Å²) in [4.78, 5) is 16.5. The number of para-hydroxylation sites is 1. The van der Waals surface area contributed by atoms with E-state index in [1.165, 1.54) is 19.1 Å². The second-order valence-electron chi connectivity index (χ2n) is 6.72. The summed E-state index contributed by atoms with van der Waals surface area (Å²) in [5.74, 6) is 2.40. The van der Waals surface area contributed by atoms with E-state index in [1.54, 1.807) is 12.1 Å². The number of ether oxygens (including phenoxy) is 1. The van der Waals surface area contributed by atoms with E-state index in [0.717, 1.165) is 24.5 Å². The van der Waals surface area contributed by atoms with Gasteiger partial charge in [-0.3, -0.25) is 4.79 Å². The van der Waals surface area contributed by atoms with Crippen molar-refractivity contribution in [2.45, 2.75) is 26.3 Å². The van der Waals surface area contributed by atoms with E-state index < -0.39 is 0 Å². The highest BCUT2D eigenvalue weighted by atomic mass is 127. The summed E-state index contributed by atoms with van der Waals surface area (Å²) in [7, 11) is 0. The number of rotatable bonds is 10. The number of halogens is 1. The molecule has 1 saturated carbocycles. The van der Waals surface area contributed by atoms with Crippen LogP contribution in [0.2, 0.25) is 0 Å². The standard InChI is InChI=1S/C21H28N4O3.HI/c1-2-22-21(24-12-11-23-20(26)19-8-5-13-27-19)25-14-17-6-3-4-7-18(17)28-15-16-9-10-16;/h3-8,13,16H,2,9-12,14-15H2,1H3,(H,23,26)(H2,22,24,25);1H. The first-order chi connectivity index (χ1) is 13.8. The van der Waals surface area contributed by atoms with Crippen LogP contribution < -0.4 is 20.7 Å². The third-order valence-electron chi connectivity index (χ3n) is 4.34. The third kappa shape index (κ3) is 7.96. The first-order valence-electron chi connectivity index (χ1n) is 9.81. The van der Waals surface area contributed by atoms with Crippen LogP contribution in [0.5, 0.6) is 5.75 Å². The summed E-state index contributed by atoms with van der Waals surface area (Å²) in [6.45, 7) is 5.10. The van der Waals surface area contributed by atoms with Crippen LogP contribution in [0.3, 0.4) is 0 Å². The fourth-order valence-electron chi connectivity index (χ4n) is 2.63. The monoisotopic (exact) mass is 512 g/mol. The second kappa shape index (κ2) is 12.4. The van der Waals surface area contributed by atoms with Gasteiger partial charge in [0.2, 0.25) is 0 Å². The van der Waals surface area contributed by atoms with Gasteiger partial charge in [0.1, 0.15) is 5.75 Å². The Labute approximate surface area is 188 Å². The van der Waals surface area contributed by atoms with Gasteiger partial charge >= 0.3 is 0 Å². The van der Waals surface area contributed by atoms with Gasteiger partial charge in [-0.2, -0.15) is 0 Å². The lowest BCUT2D eigenvalue weighted by atomic mass is 10.2. The molecule has 1 aliphatic carbocycles. The Hall–Kier alpha value is -2.23. The molecule has 3 N–H and O–H groups in total. The predicted molar refractivity (Wildman–Crippen MR) is 124 cm³/mol. The number of guanidine groups is 1. The number of nitrogens with zero attached hydrogens (tertiary/aromatic N) is 1. The van der Waals surface area contributed by atoms with Crippen LogP contribution in [0.1, 0.15) is 35.9 Å². The molecule has 1 heterocycles. The van der Waals surface area contributed by atoms with Gasteiger partial charge in [-0.15, -0.1) is 24.0 Å². The number of carbonyl (C=O) groups excluding carboxylic acids is 1. The van der Waals surface area contributed by atoms with Gasteiger partial charge in [-0.25, -0.2) is 4.99 Å². The molecule has 3 rings (SSSR count). The Morgan fingerprint density at radius 1 is 1.14 bits per heavy atom. The SMILES string of the molecule is CCNC(=NCc1ccccc1OCC1CC1)NCCNC(=O)c1ccco1.I. The zero-order valence-electron chi connectivity index (χ0n) is 16.6. The lowest BCUT2D eigenvalue weighted by molar-refractivity contribution is 0.0926. The lowest BCUT2D eigenvalue weighted by Gasteiger charge is -2.13. The van der Waals surface area contributed by atoms with E-state index >= 15 is 0 Å². The highest BCUT2D eigenvalue weighted by Crippen LogP contribution is 2.30. The van der Waals surface area contributed by atoms with Crippen LogP contribution in [0.25, 0.3) is 0 Å². The second-order valence-corrected chi connectivity index (χ2v) is 6.72. The fraction of sp³-hybridized carbons (Fsp3) is 0.429. The smallest absolute Gasteiger partial charge is 0.287 e. The summed E-state index contributed by atoms with van der Waals surface area (Å²) in [6.07, 6.45) is 4.02. The van der Waals surface area contributed by atoms with E-state index in [9.17, 15) is 4.79 Å². The van der Waals surface area contributed by atoms with Crippen LogP contribution in [0, 0.1) is 5.92 Å². The molecule has 1 aliphatic rings. The number of carbonyl (C=O) groups is 1. The minimum atomic E-state index is -0.226. The van der Waals surface area contributed by atoms with E-state index in [4.69, 9.17) is 9.15 Å². The van der Waals surface area contributed by atoms with Crippen molar-refractivity contribution in [3.05, 3.63) is 54.0 Å². The van der Waals surface area contributed by atoms with Crippen molar-refractivity contribution in [2.75, 3.05) is 26.2 Å². The Morgan fingerprint density at radius 3 is 2.66 bits per heavy atom. The number of nitrogens with one attached hydrogen (secondary N) is 3. The van der Waals surface area contributed by atoms with Crippen LogP contribution in [0.4, 0.5) is 0 Å². The fourth-order valence-corrected chi connectivity index (χ4v) is 2.63. The molecule has 1 fully saturated rings. The molecule has 2 aromatic rings. The molecule has 0 atom stereocenters. The highest BCUT2D eigenvalue weighted by Gasteiger charge is 2.22. The van der Waals surface area contributed by atoms with Crippen molar-refractivity contribution in [1.29, 1.82) is 0 Å². The normalized spacial score (nSPS) is 13.3. The van der Waals surface area contributed by atoms with Gasteiger partial charge in [0.25, 0.3) is 5.91 Å². The maximum atomic E-state index is 11.8. The molecule has 158 valence electrons. The average Bonchev–Trinajstić information content (AvgIpc) is 3.38. The van der Waals surface area contributed by atoms with E-state index in [0.29, 0.717) is 37.3 Å². The van der Waals surface area contributed by atoms with Crippen LogP contribution >= 0.6 is 24.0 Å². The van der Waals surface area contributed by atoms with Crippen molar-refractivity contribution in [2.24, 2.45) is 10.9 Å². The minimum Gasteiger partial charge on any atom is -0.493 e. The Morgan fingerprint density at radius 2 is 1.93 bits per heavy atom. The molecule has 8 heteroatoms. The third-order valence-corrected chi connectivity index (χ3v) is 4.34. The number of hydrogen-bond acceptors (Lipinski definition) is 4. The van der Waals surface area contributed by atoms with Gasteiger partial charge in [0.15, 0.2) is 11.7 Å². The minimum absolute atomic E-state index is 0. The van der Waals surface area contributed by atoms with Crippen molar-refractivity contribution in [1.82, 2.24) is 16.0 Å². The molecule has 0 unspecified atom stereocenters. The van der Waals surface area contributed by atoms with Crippen LogP contribution in [0.15, 0.2) is 52.1 Å². The number of hydrogen-bond donors (Lipinski definition) is 3. The van der Waals surface area contributed by atoms with E-state index in [1.807, 2.05) is 31.2 Å². The quantitative estimate of drug-likeness (QED) is 0.197. The molecule has 0 radical (unpaired) electrons. The highest BCUT2D eigenvalue weighted by molar-refractivity contribution is 14.0. The van der Waals surface area contributed by atoms with Crippen LogP contribution in [-0.2, 0) is 6.54 Å². The molecule has 7 nitrogen and oxygen atoms in total. The molecular formula is C21H29IN4O3. The number of furan rings is 1. The van der Waals surface area contributed by atoms with E-state index in [-0.39, 0.29) is 29.9 Å². The topological polar surface area (TPSA) is 87.9 Å². The largest absolute Gasteiger partial charge is 0.493 e. The molecule has 0 aliphatic heterocycles. The maximum absolute atomic E-state index is 11.8. The Kier molecular flexibility index (Phi) is 9.82. The van der Waals surface area contributed by atoms with Gasteiger partial charge in [-0.1, -0.05) is 18.2 Å². The summed E-state index contributed by atoms with van der Waals surface area (Å²) >= 11 is 0. The van der Waals surface area contributed by atoms with Gasteiger partial charge < -0.3 is 25.1 Å². The average molecular weight is 512 g/mol. The predicted octanol–water partition coefficient (Wildman–Crippen LogP) is 3.17. The molecule has 0 bridgehead atoms. The summed E-state index contributed by atoms with van der Waals surface area (Å²) in [5.41, 5.74) is 1.06. The summed E-state index contributed by atoms with van der Waals surface area (Å²) in [6, 6.07) is 11.4. The van der Waals surface area contributed by atoms with Crippen molar-refractivity contribution in [3.63, 3.8) is 0 Å². The van der Waals surface area contributed by atoms with Crippen molar-refractivity contribution < 1.29 is 13.9 Å². The van der Waals surface area contributed by atoms with Gasteiger partial charge in [0, 0.05) is 25.2 Å². The number of aliphatic imine (C=N–C) groups is 1. The zero-order valence-corrected chi connectivity index (χ0v) is 19.0. The molecular weight excluding hydrogens is 483 g/mol. The zero-order chi connectivity index (χ0) is 19.6.